The third-order valence-electron chi connectivity index (χ3n) is 4.70. The molecule has 3 aromatic rings. The number of amides is 3. The predicted molar refractivity (Wildman–Crippen MR) is 128 cm³/mol. The molecule has 0 fully saturated rings. The third-order valence-corrected chi connectivity index (χ3v) is 7.21. The number of sulfonamides is 1. The molecule has 1 atom stereocenters. The molecule has 5 N–H and O–H groups in total. The summed E-state index contributed by atoms with van der Waals surface area (Å²) in [6.07, 6.45) is -0.0660. The average Bonchev–Trinajstić information content (AvgIpc) is 3.29. The first-order valence-corrected chi connectivity index (χ1v) is 12.2. The Kier molecular flexibility index (Phi) is 7.56. The zero-order chi connectivity index (χ0) is 24.0. The Bertz CT molecular complexity index is 1230. The van der Waals surface area contributed by atoms with Crippen molar-refractivity contribution in [2.75, 3.05) is 17.1 Å². The van der Waals surface area contributed by atoms with Gasteiger partial charge >= 0.3 is 6.03 Å². The maximum Gasteiger partial charge on any atom is 0.312 e. The topological polar surface area (TPSA) is 140 Å². The quantitative estimate of drug-likeness (QED) is 0.364. The molecule has 1 heterocycles. The van der Waals surface area contributed by atoms with E-state index in [-0.39, 0.29) is 11.3 Å². The van der Waals surface area contributed by atoms with E-state index in [2.05, 4.69) is 15.4 Å². The second-order valence-corrected chi connectivity index (χ2v) is 9.77. The zero-order valence-electron chi connectivity index (χ0n) is 18.0. The van der Waals surface area contributed by atoms with Crippen LogP contribution >= 0.6 is 11.3 Å². The summed E-state index contributed by atoms with van der Waals surface area (Å²) in [7, 11) is -2.39. The minimum absolute atomic E-state index is 0.0289. The highest BCUT2D eigenvalue weighted by atomic mass is 32.2. The van der Waals surface area contributed by atoms with Crippen LogP contribution in [0.2, 0.25) is 0 Å². The van der Waals surface area contributed by atoms with Gasteiger partial charge in [0.25, 0.3) is 10.0 Å². The van der Waals surface area contributed by atoms with Gasteiger partial charge in [-0.05, 0) is 60.3 Å². The second-order valence-electron chi connectivity index (χ2n) is 7.14. The molecule has 11 heteroatoms. The molecule has 33 heavy (non-hydrogen) atoms. The molecule has 1 aromatic heterocycles. The van der Waals surface area contributed by atoms with Crippen molar-refractivity contribution in [3.05, 3.63) is 70.4 Å². The lowest BCUT2D eigenvalue weighted by atomic mass is 10.1. The van der Waals surface area contributed by atoms with Gasteiger partial charge in [-0.25, -0.2) is 13.2 Å². The van der Waals surface area contributed by atoms with Gasteiger partial charge in [0.2, 0.25) is 5.91 Å². The number of aryl methyl sites for hydroxylation is 1. The number of nitrogens with two attached hydrogens (primary N) is 1. The van der Waals surface area contributed by atoms with Crippen LogP contribution in [-0.4, -0.2) is 27.5 Å². The number of rotatable bonds is 9. The van der Waals surface area contributed by atoms with Gasteiger partial charge < -0.3 is 21.1 Å². The molecule has 0 aliphatic rings. The highest BCUT2D eigenvalue weighted by Gasteiger charge is 2.21. The lowest BCUT2D eigenvalue weighted by Crippen LogP contribution is -2.34. The van der Waals surface area contributed by atoms with Crippen LogP contribution in [0.15, 0.2) is 64.9 Å². The summed E-state index contributed by atoms with van der Waals surface area (Å²) >= 11 is 1.39. The third kappa shape index (κ3) is 6.46. The molecule has 2 aromatic carbocycles. The van der Waals surface area contributed by atoms with Crippen LogP contribution in [0.5, 0.6) is 5.75 Å². The van der Waals surface area contributed by atoms with Gasteiger partial charge in [-0.2, -0.15) is 0 Å². The number of carbonyl (C=O) groups is 2. The lowest BCUT2D eigenvalue weighted by Gasteiger charge is -2.17. The first kappa shape index (κ1) is 24.1. The van der Waals surface area contributed by atoms with Crippen molar-refractivity contribution in [2.24, 2.45) is 5.73 Å². The van der Waals surface area contributed by atoms with Crippen LogP contribution in [0.3, 0.4) is 0 Å². The van der Waals surface area contributed by atoms with Crippen molar-refractivity contribution in [1.29, 1.82) is 0 Å². The van der Waals surface area contributed by atoms with E-state index in [9.17, 15) is 18.0 Å². The van der Waals surface area contributed by atoms with E-state index in [0.29, 0.717) is 22.7 Å². The van der Waals surface area contributed by atoms with Crippen molar-refractivity contribution < 1.29 is 22.7 Å². The van der Waals surface area contributed by atoms with E-state index in [1.54, 1.807) is 55.5 Å². The molecule has 0 aliphatic carbocycles. The van der Waals surface area contributed by atoms with Gasteiger partial charge in [-0.3, -0.25) is 9.52 Å². The fraction of sp³-hybridized carbons (Fsp3) is 0.182. The summed E-state index contributed by atoms with van der Waals surface area (Å²) < 4.78 is 33.5. The van der Waals surface area contributed by atoms with E-state index in [0.717, 1.165) is 4.88 Å². The number of thiophene rings is 1. The minimum atomic E-state index is -3.91. The lowest BCUT2D eigenvalue weighted by molar-refractivity contribution is -0.116. The number of hydrogen-bond acceptors (Lipinski definition) is 6. The second kappa shape index (κ2) is 10.4. The molecule has 0 bridgehead atoms. The molecule has 0 radical (unpaired) electrons. The number of anilines is 2. The number of nitrogens with one attached hydrogen (secondary N) is 3. The number of hydrogen-bond donors (Lipinski definition) is 4. The van der Waals surface area contributed by atoms with Gasteiger partial charge in [-0.1, -0.05) is 12.1 Å². The predicted octanol–water partition coefficient (Wildman–Crippen LogP) is 3.60. The number of primary amides is 1. The number of ether oxygens (including phenoxy) is 1. The molecular weight excluding hydrogens is 464 g/mol. The first-order valence-electron chi connectivity index (χ1n) is 9.84. The van der Waals surface area contributed by atoms with E-state index >= 15 is 0 Å². The van der Waals surface area contributed by atoms with Gasteiger partial charge in [0.15, 0.2) is 0 Å². The summed E-state index contributed by atoms with van der Waals surface area (Å²) in [6, 6.07) is 13.3. The fourth-order valence-electron chi connectivity index (χ4n) is 3.12. The van der Waals surface area contributed by atoms with Crippen LogP contribution in [-0.2, 0) is 14.8 Å². The maximum absolute atomic E-state index is 13.0. The minimum Gasteiger partial charge on any atom is -0.497 e. The molecule has 3 amide bonds. The first-order chi connectivity index (χ1) is 15.7. The van der Waals surface area contributed by atoms with E-state index in [4.69, 9.17) is 10.5 Å². The maximum atomic E-state index is 13.0. The summed E-state index contributed by atoms with van der Waals surface area (Å²) in [5.74, 6) is 0.197. The van der Waals surface area contributed by atoms with E-state index in [1.807, 2.05) is 5.38 Å². The Morgan fingerprint density at radius 1 is 1.09 bits per heavy atom. The molecule has 3 rings (SSSR count). The van der Waals surface area contributed by atoms with Crippen molar-refractivity contribution in [3.8, 4) is 5.75 Å². The van der Waals surface area contributed by atoms with Crippen molar-refractivity contribution >= 4 is 44.7 Å². The highest BCUT2D eigenvalue weighted by molar-refractivity contribution is 7.92. The van der Waals surface area contributed by atoms with E-state index in [1.165, 1.54) is 24.5 Å². The number of methoxy groups -OCH3 is 1. The molecule has 174 valence electrons. The largest absolute Gasteiger partial charge is 0.497 e. The normalized spacial score (nSPS) is 11.9. The van der Waals surface area contributed by atoms with Crippen molar-refractivity contribution in [3.63, 3.8) is 0 Å². The summed E-state index contributed by atoms with van der Waals surface area (Å²) in [5.41, 5.74) is 6.43. The Balaban J connectivity index is 1.75. The van der Waals surface area contributed by atoms with Crippen LogP contribution in [0.4, 0.5) is 16.2 Å². The molecule has 0 spiro atoms. The molecule has 9 nitrogen and oxygen atoms in total. The molecule has 0 aliphatic heterocycles. The van der Waals surface area contributed by atoms with Crippen LogP contribution < -0.4 is 25.8 Å². The van der Waals surface area contributed by atoms with Crippen LogP contribution in [0.25, 0.3) is 0 Å². The van der Waals surface area contributed by atoms with Crippen LogP contribution in [0.1, 0.15) is 22.9 Å². The van der Waals surface area contributed by atoms with E-state index < -0.39 is 28.0 Å². The number of carbonyl (C=O) groups excluding carboxylic acids is 2. The standard InChI is InChI=1S/C22H24N4O5S2/c1-14-5-6-16(24-21(27)13-18(25-22(23)28)19-4-3-11-32-19)12-20(14)33(29,30)26-15-7-9-17(31-2)10-8-15/h3-12,18,26H,13H2,1-2H3,(H,24,27)(H3,23,25,28). The fourth-order valence-corrected chi connectivity index (χ4v) is 5.23. The smallest absolute Gasteiger partial charge is 0.312 e. The monoisotopic (exact) mass is 488 g/mol. The highest BCUT2D eigenvalue weighted by Crippen LogP contribution is 2.26. The molecule has 0 saturated carbocycles. The average molecular weight is 489 g/mol. The Morgan fingerprint density at radius 2 is 1.79 bits per heavy atom. The number of benzene rings is 2. The molecule has 0 saturated heterocycles. The summed E-state index contributed by atoms with van der Waals surface area (Å²) in [6.45, 7) is 1.66. The van der Waals surface area contributed by atoms with Gasteiger partial charge in [-0.15, -0.1) is 11.3 Å². The van der Waals surface area contributed by atoms with Gasteiger partial charge in [0.05, 0.1) is 24.5 Å². The van der Waals surface area contributed by atoms with Gasteiger partial charge in [0, 0.05) is 16.3 Å². The number of urea groups is 1. The Morgan fingerprint density at radius 3 is 2.39 bits per heavy atom. The Hall–Kier alpha value is -3.57. The molecular formula is C22H24N4O5S2. The van der Waals surface area contributed by atoms with Gasteiger partial charge in [0.1, 0.15) is 5.75 Å². The van der Waals surface area contributed by atoms with Crippen molar-refractivity contribution in [2.45, 2.75) is 24.3 Å². The molecule has 1 unspecified atom stereocenters. The SMILES string of the molecule is COc1ccc(NS(=O)(=O)c2cc(NC(=O)CC(NC(N)=O)c3cccs3)ccc2C)cc1. The Labute approximate surface area is 196 Å². The zero-order valence-corrected chi connectivity index (χ0v) is 19.6. The van der Waals surface area contributed by atoms with Crippen LogP contribution in [0, 0.1) is 6.92 Å². The summed E-state index contributed by atoms with van der Waals surface area (Å²) in [5, 5.41) is 7.07. The van der Waals surface area contributed by atoms with Crippen molar-refractivity contribution in [1.82, 2.24) is 5.32 Å². The summed E-state index contributed by atoms with van der Waals surface area (Å²) in [4.78, 5) is 24.8.